The first-order valence-corrected chi connectivity index (χ1v) is 9.17. The van der Waals surface area contributed by atoms with Gasteiger partial charge in [-0.15, -0.1) is 11.3 Å². The van der Waals surface area contributed by atoms with Crippen LogP contribution in [-0.2, 0) is 17.8 Å². The average molecular weight is 409 g/mol. The van der Waals surface area contributed by atoms with Gasteiger partial charge in [0.05, 0.1) is 5.56 Å². The molecule has 27 heavy (non-hydrogen) atoms. The normalized spacial score (nSPS) is 18.2. The van der Waals surface area contributed by atoms with E-state index >= 15 is 0 Å². The van der Waals surface area contributed by atoms with Gasteiger partial charge in [0, 0.05) is 18.0 Å². The van der Waals surface area contributed by atoms with Crippen molar-refractivity contribution in [1.29, 1.82) is 0 Å². The number of anilines is 1. The highest BCUT2D eigenvalue weighted by Gasteiger charge is 2.31. The van der Waals surface area contributed by atoms with Crippen LogP contribution >= 0.6 is 11.3 Å². The zero-order chi connectivity index (χ0) is 18.3. The molecule has 2 aliphatic rings. The lowest BCUT2D eigenvalue weighted by atomic mass is 10.0. The lowest BCUT2D eigenvalue weighted by Crippen LogP contribution is -3.00. The van der Waals surface area contributed by atoms with Gasteiger partial charge in [0.25, 0.3) is 11.8 Å². The molecule has 2 aliphatic heterocycles. The molecule has 4 rings (SSSR count). The number of rotatable bonds is 3. The van der Waals surface area contributed by atoms with Crippen LogP contribution in [0.4, 0.5) is 5.00 Å². The van der Waals surface area contributed by atoms with Crippen LogP contribution in [0.1, 0.15) is 20.8 Å². The Kier molecular flexibility index (Phi) is 5.59. The van der Waals surface area contributed by atoms with E-state index in [1.54, 1.807) is 12.1 Å². The molecule has 0 spiro atoms. The highest BCUT2D eigenvalue weighted by Crippen LogP contribution is 2.37. The third-order valence-corrected chi connectivity index (χ3v) is 5.66. The quantitative estimate of drug-likeness (QED) is 0.652. The zero-order valence-corrected chi connectivity index (χ0v) is 16.2. The molecular weight excluding hydrogens is 390 g/mol. The number of likely N-dealkylation sites (N-methyl/N-ethyl adjacent to an activating group) is 1. The van der Waals surface area contributed by atoms with E-state index in [4.69, 9.17) is 15.2 Å². The van der Waals surface area contributed by atoms with Crippen molar-refractivity contribution in [2.24, 2.45) is 5.73 Å². The van der Waals surface area contributed by atoms with Crippen molar-refractivity contribution in [3.05, 3.63) is 40.3 Å². The predicted octanol–water partition coefficient (Wildman–Crippen LogP) is -1.38. The second-order valence-corrected chi connectivity index (χ2v) is 7.52. The van der Waals surface area contributed by atoms with E-state index in [2.05, 4.69) is 10.2 Å². The summed E-state index contributed by atoms with van der Waals surface area (Å²) in [5.41, 5.74) is 6.95. The van der Waals surface area contributed by atoms with Crippen LogP contribution in [-0.4, -0.2) is 43.0 Å². The van der Waals surface area contributed by atoms with Crippen LogP contribution in [0.3, 0.4) is 0 Å². The summed E-state index contributed by atoms with van der Waals surface area (Å²) >= 11 is 1.40. The smallest absolute Gasteiger partial charge is 0.269 e. The molecule has 144 valence electrons. The van der Waals surface area contributed by atoms with E-state index in [1.807, 2.05) is 19.2 Å². The van der Waals surface area contributed by atoms with E-state index in [0.717, 1.165) is 30.0 Å². The van der Waals surface area contributed by atoms with E-state index in [9.17, 15) is 9.59 Å². The molecule has 1 aromatic heterocycles. The van der Waals surface area contributed by atoms with Crippen molar-refractivity contribution in [1.82, 2.24) is 4.90 Å². The van der Waals surface area contributed by atoms with E-state index in [0.29, 0.717) is 22.1 Å². The number of nitrogens with two attached hydrogens (primary N) is 1. The fourth-order valence-electron chi connectivity index (χ4n) is 3.22. The van der Waals surface area contributed by atoms with Crippen molar-refractivity contribution in [2.75, 3.05) is 25.5 Å². The first-order valence-electron chi connectivity index (χ1n) is 8.35. The number of ether oxygens (including phenoxy) is 2. The van der Waals surface area contributed by atoms with Crippen LogP contribution in [0.25, 0.3) is 0 Å². The maximum atomic E-state index is 12.7. The van der Waals surface area contributed by atoms with Crippen LogP contribution in [0.2, 0.25) is 0 Å². The summed E-state index contributed by atoms with van der Waals surface area (Å²) in [6, 6.07) is 7.20. The lowest BCUT2D eigenvalue weighted by molar-refractivity contribution is -0.125. The molecule has 2 amide bonds. The van der Waals surface area contributed by atoms with Crippen LogP contribution < -0.4 is 32.9 Å². The molecule has 3 heterocycles. The molecule has 7 nitrogen and oxygen atoms in total. The van der Waals surface area contributed by atoms with Crippen LogP contribution in [0.5, 0.6) is 11.5 Å². The maximum absolute atomic E-state index is 12.7. The summed E-state index contributed by atoms with van der Waals surface area (Å²) in [7, 11) is 2.02. The van der Waals surface area contributed by atoms with Gasteiger partial charge < -0.3 is 37.8 Å². The Morgan fingerprint density at radius 1 is 1.30 bits per heavy atom. The number of para-hydroxylation sites is 2. The summed E-state index contributed by atoms with van der Waals surface area (Å²) in [6.07, 6.45) is -0.0418. The highest BCUT2D eigenvalue weighted by atomic mass is 35.5. The molecule has 1 atom stereocenters. The topological polar surface area (TPSA) is 93.9 Å². The summed E-state index contributed by atoms with van der Waals surface area (Å²) < 4.78 is 11.3. The second-order valence-electron chi connectivity index (χ2n) is 6.41. The van der Waals surface area contributed by atoms with Gasteiger partial charge in [-0.1, -0.05) is 12.1 Å². The van der Waals surface area contributed by atoms with Crippen LogP contribution in [0, 0.1) is 0 Å². The highest BCUT2D eigenvalue weighted by molar-refractivity contribution is 7.17. The van der Waals surface area contributed by atoms with Gasteiger partial charge >= 0.3 is 0 Å². The third-order valence-electron chi connectivity index (χ3n) is 4.53. The van der Waals surface area contributed by atoms with Gasteiger partial charge in [0.15, 0.2) is 11.5 Å². The molecule has 0 bridgehead atoms. The molecule has 0 aliphatic carbocycles. The Balaban J connectivity index is 0.00000210. The molecule has 3 N–H and O–H groups in total. The fraction of sp³-hybridized carbons (Fsp3) is 0.333. The number of fused-ring (bicyclic) bond motifs is 2. The number of carbonyl (C=O) groups is 2. The number of halogens is 1. The van der Waals surface area contributed by atoms with E-state index < -0.39 is 12.0 Å². The first kappa shape index (κ1) is 19.5. The number of benzene rings is 1. The van der Waals surface area contributed by atoms with Crippen molar-refractivity contribution < 1.29 is 31.5 Å². The largest absolute Gasteiger partial charge is 1.00 e. The fourth-order valence-corrected chi connectivity index (χ4v) is 4.56. The van der Waals surface area contributed by atoms with Crippen molar-refractivity contribution in [3.8, 4) is 11.5 Å². The minimum absolute atomic E-state index is 0. The molecule has 1 aromatic carbocycles. The number of hydrogen-bond acceptors (Lipinski definition) is 6. The Bertz CT molecular complexity index is 885. The minimum atomic E-state index is -0.785. The number of amides is 2. The predicted molar refractivity (Wildman–Crippen MR) is 97.9 cm³/mol. The number of carbonyl (C=O) groups excluding carboxylic acids is 2. The third kappa shape index (κ3) is 3.73. The Hall–Kier alpha value is -2.29. The number of primary amides is 1. The molecule has 2 aromatic rings. The Morgan fingerprint density at radius 2 is 2.04 bits per heavy atom. The molecule has 0 saturated heterocycles. The van der Waals surface area contributed by atoms with Crippen molar-refractivity contribution >= 4 is 28.2 Å². The summed E-state index contributed by atoms with van der Waals surface area (Å²) in [4.78, 5) is 27.9. The molecule has 0 fully saturated rings. The zero-order valence-electron chi connectivity index (χ0n) is 14.7. The molecule has 0 radical (unpaired) electrons. The monoisotopic (exact) mass is 408 g/mol. The first-order chi connectivity index (χ1) is 12.5. The van der Waals surface area contributed by atoms with Crippen LogP contribution in [0.15, 0.2) is 24.3 Å². The van der Waals surface area contributed by atoms with Gasteiger partial charge in [-0.3, -0.25) is 9.59 Å². The van der Waals surface area contributed by atoms with Crippen molar-refractivity contribution in [2.45, 2.75) is 19.1 Å². The maximum Gasteiger partial charge on any atom is 0.269 e. The number of nitrogens with one attached hydrogen (secondary N) is 1. The van der Waals surface area contributed by atoms with Gasteiger partial charge in [0.1, 0.15) is 11.6 Å². The number of hydrogen-bond donors (Lipinski definition) is 2. The second kappa shape index (κ2) is 7.75. The summed E-state index contributed by atoms with van der Waals surface area (Å²) in [5, 5.41) is 3.31. The lowest BCUT2D eigenvalue weighted by Gasteiger charge is -2.25. The molecule has 1 unspecified atom stereocenters. The van der Waals surface area contributed by atoms with Gasteiger partial charge in [0.2, 0.25) is 6.10 Å². The van der Waals surface area contributed by atoms with E-state index in [-0.39, 0.29) is 24.9 Å². The van der Waals surface area contributed by atoms with Gasteiger partial charge in [-0.2, -0.15) is 0 Å². The Morgan fingerprint density at radius 3 is 2.78 bits per heavy atom. The van der Waals surface area contributed by atoms with Gasteiger partial charge in [-0.25, -0.2) is 0 Å². The average Bonchev–Trinajstić information content (AvgIpc) is 2.98. The summed E-state index contributed by atoms with van der Waals surface area (Å²) in [6.45, 7) is 1.71. The van der Waals surface area contributed by atoms with Crippen molar-refractivity contribution in [3.63, 3.8) is 0 Å². The molecule has 0 saturated carbocycles. The van der Waals surface area contributed by atoms with Gasteiger partial charge in [-0.05, 0) is 31.2 Å². The molecule has 9 heteroatoms. The Labute approximate surface area is 166 Å². The summed E-state index contributed by atoms with van der Waals surface area (Å²) in [5.74, 6) is 0.271. The minimum Gasteiger partial charge on any atom is -1.00 e. The standard InChI is InChI=1S/C18H19N3O4S.ClH/c1-21-7-6-10-14(8-21)26-18(15(10)16(19)22)20-17(23)13-9-24-11-4-2-3-5-12(11)25-13;/h2-5,13H,6-9H2,1H3,(H2,19,22)(H,20,23);1H/p-1. The number of thiophene rings is 1. The molecular formula is C18H19ClN3O4S-. The number of nitrogens with zero attached hydrogens (tertiary/aromatic N) is 1. The SMILES string of the molecule is CN1CCc2c(sc(NC(=O)C3COc4ccccc4O3)c2C(N)=O)C1.[Cl-]. The van der Waals surface area contributed by atoms with E-state index in [1.165, 1.54) is 11.3 Å².